The van der Waals surface area contributed by atoms with E-state index >= 15 is 0 Å². The van der Waals surface area contributed by atoms with E-state index in [4.69, 9.17) is 5.73 Å². The molecule has 1 aliphatic carbocycles. The van der Waals surface area contributed by atoms with Crippen LogP contribution in [0.3, 0.4) is 0 Å². The first-order valence-corrected chi connectivity index (χ1v) is 8.65. The number of likely N-dealkylation sites (tertiary alicyclic amines) is 1. The Bertz CT molecular complexity index is 478. The van der Waals surface area contributed by atoms with Gasteiger partial charge < -0.3 is 5.73 Å². The summed E-state index contributed by atoms with van der Waals surface area (Å²) in [6.07, 6.45) is 8.62. The zero-order chi connectivity index (χ0) is 14.9. The van der Waals surface area contributed by atoms with Crippen LogP contribution in [0, 0.1) is 19.3 Å². The summed E-state index contributed by atoms with van der Waals surface area (Å²) in [5.41, 5.74) is 11.0. The smallest absolute Gasteiger partial charge is 0.0470 e. The van der Waals surface area contributed by atoms with Crippen molar-refractivity contribution >= 4 is 0 Å². The third kappa shape index (κ3) is 3.02. The molecule has 2 aliphatic rings. The number of piperidine rings is 1. The van der Waals surface area contributed by atoms with E-state index in [1.807, 2.05) is 0 Å². The van der Waals surface area contributed by atoms with Gasteiger partial charge in [0.1, 0.15) is 0 Å². The molecule has 0 aromatic heterocycles. The Balaban J connectivity index is 1.70. The van der Waals surface area contributed by atoms with Crippen molar-refractivity contribution in [3.05, 3.63) is 34.9 Å². The van der Waals surface area contributed by atoms with Gasteiger partial charge in [0, 0.05) is 12.6 Å². The van der Waals surface area contributed by atoms with Gasteiger partial charge in [-0.15, -0.1) is 0 Å². The van der Waals surface area contributed by atoms with Crippen molar-refractivity contribution in [2.24, 2.45) is 11.1 Å². The fourth-order valence-corrected chi connectivity index (χ4v) is 4.40. The molecule has 21 heavy (non-hydrogen) atoms. The summed E-state index contributed by atoms with van der Waals surface area (Å²) in [6.45, 7) is 7.58. The van der Waals surface area contributed by atoms with Crippen LogP contribution < -0.4 is 5.73 Å². The predicted molar refractivity (Wildman–Crippen MR) is 89.4 cm³/mol. The van der Waals surface area contributed by atoms with Crippen LogP contribution >= 0.6 is 0 Å². The molecule has 3 rings (SSSR count). The summed E-state index contributed by atoms with van der Waals surface area (Å²) in [4.78, 5) is 2.63. The lowest BCUT2D eigenvalue weighted by molar-refractivity contribution is 0.0780. The SMILES string of the molecule is Cc1ccc(C(CN)N2CCC3(CCCC3)CC2)cc1C. The standard InChI is InChI=1S/C19H30N2/c1-15-5-6-17(13-16(15)2)18(14-20)21-11-9-19(10-12-21)7-3-4-8-19/h5-6,13,18H,3-4,7-12,14,20H2,1-2H3. The van der Waals surface area contributed by atoms with Gasteiger partial charge in [-0.2, -0.15) is 0 Å². The minimum absolute atomic E-state index is 0.406. The quantitative estimate of drug-likeness (QED) is 0.911. The zero-order valence-electron chi connectivity index (χ0n) is 13.7. The van der Waals surface area contributed by atoms with Crippen LogP contribution in [0.1, 0.15) is 61.3 Å². The molecule has 1 spiro atoms. The number of hydrogen-bond acceptors (Lipinski definition) is 2. The molecule has 0 bridgehead atoms. The number of nitrogens with two attached hydrogens (primary N) is 1. The second kappa shape index (κ2) is 6.10. The largest absolute Gasteiger partial charge is 0.329 e. The van der Waals surface area contributed by atoms with E-state index in [-0.39, 0.29) is 0 Å². The highest BCUT2D eigenvalue weighted by Gasteiger charge is 2.38. The van der Waals surface area contributed by atoms with Crippen molar-refractivity contribution in [2.75, 3.05) is 19.6 Å². The maximum atomic E-state index is 6.13. The number of benzene rings is 1. The van der Waals surface area contributed by atoms with Crippen molar-refractivity contribution < 1.29 is 0 Å². The zero-order valence-corrected chi connectivity index (χ0v) is 13.7. The second-order valence-corrected chi connectivity index (χ2v) is 7.34. The van der Waals surface area contributed by atoms with Gasteiger partial charge in [0.15, 0.2) is 0 Å². The van der Waals surface area contributed by atoms with Gasteiger partial charge in [-0.25, -0.2) is 0 Å². The van der Waals surface area contributed by atoms with Gasteiger partial charge in [-0.3, -0.25) is 4.90 Å². The monoisotopic (exact) mass is 286 g/mol. The fraction of sp³-hybridized carbons (Fsp3) is 0.684. The number of hydrogen-bond donors (Lipinski definition) is 1. The topological polar surface area (TPSA) is 29.3 Å². The predicted octanol–water partition coefficient (Wildman–Crippen LogP) is 3.96. The lowest BCUT2D eigenvalue weighted by Crippen LogP contribution is -2.43. The molecule has 116 valence electrons. The molecule has 1 aliphatic heterocycles. The normalized spacial score (nSPS) is 23.6. The molecule has 0 radical (unpaired) electrons. The second-order valence-electron chi connectivity index (χ2n) is 7.34. The van der Waals surface area contributed by atoms with Gasteiger partial charge >= 0.3 is 0 Å². The van der Waals surface area contributed by atoms with Crippen molar-refractivity contribution in [1.82, 2.24) is 4.90 Å². The van der Waals surface area contributed by atoms with Gasteiger partial charge in [-0.1, -0.05) is 31.0 Å². The molecule has 2 nitrogen and oxygen atoms in total. The Morgan fingerprint density at radius 2 is 1.71 bits per heavy atom. The van der Waals surface area contributed by atoms with E-state index in [1.165, 1.54) is 68.3 Å². The minimum Gasteiger partial charge on any atom is -0.329 e. The maximum absolute atomic E-state index is 6.13. The molecule has 1 saturated carbocycles. The van der Waals surface area contributed by atoms with E-state index in [9.17, 15) is 0 Å². The molecule has 1 heterocycles. The highest BCUT2D eigenvalue weighted by molar-refractivity contribution is 5.32. The van der Waals surface area contributed by atoms with E-state index in [0.29, 0.717) is 11.5 Å². The highest BCUT2D eigenvalue weighted by atomic mass is 15.2. The lowest BCUT2D eigenvalue weighted by atomic mass is 9.76. The molecular formula is C19H30N2. The third-order valence-corrected chi connectivity index (χ3v) is 6.10. The third-order valence-electron chi connectivity index (χ3n) is 6.10. The van der Waals surface area contributed by atoms with Crippen LogP contribution in [-0.4, -0.2) is 24.5 Å². The average molecular weight is 286 g/mol. The van der Waals surface area contributed by atoms with E-state index in [2.05, 4.69) is 36.9 Å². The highest BCUT2D eigenvalue weighted by Crippen LogP contribution is 2.47. The van der Waals surface area contributed by atoms with Gasteiger partial charge in [0.25, 0.3) is 0 Å². The van der Waals surface area contributed by atoms with Crippen molar-refractivity contribution in [2.45, 2.75) is 58.4 Å². The van der Waals surface area contributed by atoms with E-state index in [1.54, 1.807) is 0 Å². The number of nitrogens with zero attached hydrogens (tertiary/aromatic N) is 1. The lowest BCUT2D eigenvalue weighted by Gasteiger charge is -2.42. The van der Waals surface area contributed by atoms with Crippen LogP contribution in [-0.2, 0) is 0 Å². The van der Waals surface area contributed by atoms with Crippen LogP contribution in [0.15, 0.2) is 18.2 Å². The van der Waals surface area contributed by atoms with Gasteiger partial charge in [0.2, 0.25) is 0 Å². The Hall–Kier alpha value is -0.860. The maximum Gasteiger partial charge on any atom is 0.0470 e. The molecule has 1 saturated heterocycles. The van der Waals surface area contributed by atoms with Crippen LogP contribution in [0.2, 0.25) is 0 Å². The Morgan fingerprint density at radius 1 is 1.05 bits per heavy atom. The molecule has 2 fully saturated rings. The van der Waals surface area contributed by atoms with E-state index < -0.39 is 0 Å². The van der Waals surface area contributed by atoms with Crippen molar-refractivity contribution in [3.8, 4) is 0 Å². The molecule has 1 aromatic carbocycles. The molecule has 0 amide bonds. The Morgan fingerprint density at radius 3 is 2.29 bits per heavy atom. The van der Waals surface area contributed by atoms with E-state index in [0.717, 1.165) is 6.54 Å². The first kappa shape index (κ1) is 15.1. The van der Waals surface area contributed by atoms with Crippen molar-refractivity contribution in [3.63, 3.8) is 0 Å². The average Bonchev–Trinajstić information content (AvgIpc) is 2.94. The van der Waals surface area contributed by atoms with Crippen LogP contribution in [0.5, 0.6) is 0 Å². The summed E-state index contributed by atoms with van der Waals surface area (Å²) in [7, 11) is 0. The van der Waals surface area contributed by atoms with Gasteiger partial charge in [-0.05, 0) is 74.7 Å². The Labute approximate surface area is 129 Å². The first-order chi connectivity index (χ1) is 10.1. The van der Waals surface area contributed by atoms with Crippen LogP contribution in [0.25, 0.3) is 0 Å². The summed E-state index contributed by atoms with van der Waals surface area (Å²) >= 11 is 0. The molecule has 2 N–H and O–H groups in total. The minimum atomic E-state index is 0.406. The summed E-state index contributed by atoms with van der Waals surface area (Å²) in [6, 6.07) is 7.27. The molecule has 2 heteroatoms. The first-order valence-electron chi connectivity index (χ1n) is 8.65. The molecular weight excluding hydrogens is 256 g/mol. The number of aryl methyl sites for hydroxylation is 2. The summed E-state index contributed by atoms with van der Waals surface area (Å²) in [5, 5.41) is 0. The summed E-state index contributed by atoms with van der Waals surface area (Å²) in [5.74, 6) is 0. The molecule has 1 unspecified atom stereocenters. The van der Waals surface area contributed by atoms with Crippen molar-refractivity contribution in [1.29, 1.82) is 0 Å². The Kier molecular flexibility index (Phi) is 4.37. The van der Waals surface area contributed by atoms with Crippen LogP contribution in [0.4, 0.5) is 0 Å². The molecule has 1 atom stereocenters. The fourth-order valence-electron chi connectivity index (χ4n) is 4.40. The number of rotatable bonds is 3. The summed E-state index contributed by atoms with van der Waals surface area (Å²) < 4.78 is 0. The van der Waals surface area contributed by atoms with Gasteiger partial charge in [0.05, 0.1) is 0 Å². The molecule has 1 aromatic rings.